The van der Waals surface area contributed by atoms with Crippen LogP contribution in [0.5, 0.6) is 0 Å². The highest BCUT2D eigenvalue weighted by Crippen LogP contribution is 2.29. The minimum atomic E-state index is -0.223. The van der Waals surface area contributed by atoms with Crippen LogP contribution in [0.1, 0.15) is 55.3 Å². The van der Waals surface area contributed by atoms with E-state index in [1.807, 2.05) is 10.6 Å². The second-order valence-corrected chi connectivity index (χ2v) is 9.24. The zero-order valence-corrected chi connectivity index (χ0v) is 20.0. The molecule has 4 rings (SSSR count). The largest absolute Gasteiger partial charge is 0.469 e. The molecule has 0 unspecified atom stereocenters. The molecule has 2 aliphatic rings. The third-order valence-electron chi connectivity index (χ3n) is 7.04. The van der Waals surface area contributed by atoms with Crippen molar-refractivity contribution < 1.29 is 23.9 Å². The number of benzene rings is 1. The number of imidazole rings is 1. The lowest BCUT2D eigenvalue weighted by Gasteiger charge is -2.31. The molecule has 0 bridgehead atoms. The van der Waals surface area contributed by atoms with Crippen molar-refractivity contribution in [2.75, 3.05) is 39.2 Å². The van der Waals surface area contributed by atoms with Crippen LogP contribution in [0, 0.1) is 11.8 Å². The summed E-state index contributed by atoms with van der Waals surface area (Å²) in [4.78, 5) is 44.7. The number of carbonyl (C=O) groups is 3. The third kappa shape index (κ3) is 5.24. The molecule has 184 valence electrons. The molecule has 34 heavy (non-hydrogen) atoms. The van der Waals surface area contributed by atoms with Gasteiger partial charge in [0.05, 0.1) is 42.6 Å². The fourth-order valence-electron chi connectivity index (χ4n) is 5.07. The van der Waals surface area contributed by atoms with Gasteiger partial charge in [0.2, 0.25) is 5.91 Å². The fraction of sp³-hybridized carbons (Fsp3) is 0.600. The Labute approximate surface area is 199 Å². The van der Waals surface area contributed by atoms with E-state index in [1.165, 1.54) is 13.5 Å². The summed E-state index contributed by atoms with van der Waals surface area (Å²) in [6, 6.07) is 3.60. The van der Waals surface area contributed by atoms with Crippen molar-refractivity contribution in [3.8, 4) is 0 Å². The van der Waals surface area contributed by atoms with Gasteiger partial charge < -0.3 is 24.3 Å². The zero-order chi connectivity index (χ0) is 24.1. The van der Waals surface area contributed by atoms with Gasteiger partial charge in [-0.25, -0.2) is 4.98 Å². The molecule has 2 aromatic rings. The van der Waals surface area contributed by atoms with Gasteiger partial charge in [-0.15, -0.1) is 0 Å². The summed E-state index contributed by atoms with van der Waals surface area (Å²) < 4.78 is 12.0. The number of hydrogen-bond donors (Lipinski definition) is 1. The van der Waals surface area contributed by atoms with E-state index < -0.39 is 0 Å². The Morgan fingerprint density at radius 3 is 2.44 bits per heavy atom. The molecule has 1 aromatic carbocycles. The maximum atomic E-state index is 13.6. The average Bonchev–Trinajstić information content (AvgIpc) is 3.29. The molecule has 1 saturated carbocycles. The highest BCUT2D eigenvalue weighted by atomic mass is 16.5. The first kappa shape index (κ1) is 24.2. The van der Waals surface area contributed by atoms with E-state index in [0.717, 1.165) is 31.2 Å². The molecule has 2 amide bonds. The van der Waals surface area contributed by atoms with Gasteiger partial charge in [-0.3, -0.25) is 14.4 Å². The number of methoxy groups -OCH3 is 2. The number of anilines is 1. The smallest absolute Gasteiger partial charge is 0.308 e. The summed E-state index contributed by atoms with van der Waals surface area (Å²) in [6.07, 6.45) is 7.99. The number of aromatic nitrogens is 2. The summed E-state index contributed by atoms with van der Waals surface area (Å²) in [5.41, 5.74) is 2.48. The second-order valence-electron chi connectivity index (χ2n) is 9.24. The standard InChI is InChI=1S/C25H34N4O5/c1-33-13-12-29-16-26-21-15-19(27-23(30)17-6-4-3-5-7-17)14-20(22(21)29)24(31)28-10-8-18(9-11-28)25(32)34-2/h14-18H,3-13H2,1-2H3,(H,27,30). The van der Waals surface area contributed by atoms with Crippen LogP contribution in [0.3, 0.4) is 0 Å². The summed E-state index contributed by atoms with van der Waals surface area (Å²) in [5, 5.41) is 3.04. The summed E-state index contributed by atoms with van der Waals surface area (Å²) in [6.45, 7) is 2.01. The monoisotopic (exact) mass is 470 g/mol. The summed E-state index contributed by atoms with van der Waals surface area (Å²) >= 11 is 0. The van der Waals surface area contributed by atoms with Crippen LogP contribution in [-0.2, 0) is 25.6 Å². The van der Waals surface area contributed by atoms with Gasteiger partial charge in [-0.1, -0.05) is 19.3 Å². The Bertz CT molecular complexity index is 1040. The van der Waals surface area contributed by atoms with Crippen LogP contribution >= 0.6 is 0 Å². The lowest BCUT2D eigenvalue weighted by molar-refractivity contribution is -0.146. The molecule has 1 N–H and O–H groups in total. The predicted molar refractivity (Wildman–Crippen MR) is 127 cm³/mol. The van der Waals surface area contributed by atoms with Crippen LogP contribution in [0.15, 0.2) is 18.5 Å². The van der Waals surface area contributed by atoms with Crippen LogP contribution in [0.25, 0.3) is 11.0 Å². The lowest BCUT2D eigenvalue weighted by Crippen LogP contribution is -2.40. The molecular weight excluding hydrogens is 436 g/mol. The molecule has 1 aliphatic heterocycles. The number of amides is 2. The number of nitrogens with zero attached hydrogens (tertiary/aromatic N) is 3. The number of fused-ring (bicyclic) bond motifs is 1. The van der Waals surface area contributed by atoms with Crippen molar-refractivity contribution in [3.05, 3.63) is 24.0 Å². The Morgan fingerprint density at radius 2 is 1.76 bits per heavy atom. The number of rotatable bonds is 7. The van der Waals surface area contributed by atoms with Gasteiger partial charge in [-0.2, -0.15) is 0 Å². The SMILES string of the molecule is COCCn1cnc2cc(NC(=O)C3CCCCC3)cc(C(=O)N3CCC(C(=O)OC)CC3)c21. The van der Waals surface area contributed by atoms with E-state index in [2.05, 4.69) is 10.3 Å². The second kappa shape index (κ2) is 11.0. The highest BCUT2D eigenvalue weighted by Gasteiger charge is 2.30. The van der Waals surface area contributed by atoms with E-state index >= 15 is 0 Å². The Kier molecular flexibility index (Phi) is 7.82. The quantitative estimate of drug-likeness (QED) is 0.624. The molecule has 2 fully saturated rings. The van der Waals surface area contributed by atoms with Crippen LogP contribution in [-0.4, -0.2) is 66.2 Å². The molecule has 9 heteroatoms. The Morgan fingerprint density at radius 1 is 1.03 bits per heavy atom. The van der Waals surface area contributed by atoms with Crippen molar-refractivity contribution in [2.24, 2.45) is 11.8 Å². The molecule has 1 aliphatic carbocycles. The lowest BCUT2D eigenvalue weighted by atomic mass is 9.88. The maximum Gasteiger partial charge on any atom is 0.308 e. The first-order chi connectivity index (χ1) is 16.5. The summed E-state index contributed by atoms with van der Waals surface area (Å²) in [5.74, 6) is -0.501. The molecule has 0 radical (unpaired) electrons. The van der Waals surface area contributed by atoms with Crippen molar-refractivity contribution in [2.45, 2.75) is 51.5 Å². The Balaban J connectivity index is 1.61. The minimum Gasteiger partial charge on any atom is -0.469 e. The topological polar surface area (TPSA) is 103 Å². The number of carbonyl (C=O) groups excluding carboxylic acids is 3. The normalized spacial score (nSPS) is 17.6. The number of ether oxygens (including phenoxy) is 2. The number of piperidine rings is 1. The van der Waals surface area contributed by atoms with E-state index in [9.17, 15) is 14.4 Å². The zero-order valence-electron chi connectivity index (χ0n) is 20.0. The van der Waals surface area contributed by atoms with Crippen LogP contribution < -0.4 is 5.32 Å². The Hall–Kier alpha value is -2.94. The molecule has 9 nitrogen and oxygen atoms in total. The van der Waals surface area contributed by atoms with Crippen molar-refractivity contribution in [3.63, 3.8) is 0 Å². The van der Waals surface area contributed by atoms with Gasteiger partial charge in [0, 0.05) is 38.3 Å². The van der Waals surface area contributed by atoms with Crippen molar-refractivity contribution in [1.29, 1.82) is 0 Å². The maximum absolute atomic E-state index is 13.6. The van der Waals surface area contributed by atoms with Crippen molar-refractivity contribution >= 4 is 34.5 Å². The molecule has 0 atom stereocenters. The average molecular weight is 471 g/mol. The van der Waals surface area contributed by atoms with Gasteiger partial charge in [0.1, 0.15) is 0 Å². The van der Waals surface area contributed by atoms with E-state index in [1.54, 1.807) is 24.4 Å². The van der Waals surface area contributed by atoms with E-state index in [-0.39, 0.29) is 29.6 Å². The minimum absolute atomic E-state index is 0.00940. The highest BCUT2D eigenvalue weighted by molar-refractivity contribution is 6.07. The van der Waals surface area contributed by atoms with Crippen LogP contribution in [0.2, 0.25) is 0 Å². The number of likely N-dealkylation sites (tertiary alicyclic amines) is 1. The molecule has 1 aromatic heterocycles. The van der Waals surface area contributed by atoms with Crippen molar-refractivity contribution in [1.82, 2.24) is 14.5 Å². The number of esters is 1. The van der Waals surface area contributed by atoms with E-state index in [0.29, 0.717) is 55.9 Å². The summed E-state index contributed by atoms with van der Waals surface area (Å²) in [7, 11) is 3.03. The van der Waals surface area contributed by atoms with Gasteiger partial charge in [0.25, 0.3) is 5.91 Å². The molecule has 0 spiro atoms. The van der Waals surface area contributed by atoms with E-state index in [4.69, 9.17) is 9.47 Å². The van der Waals surface area contributed by atoms with Gasteiger partial charge in [0.15, 0.2) is 0 Å². The molecule has 2 heterocycles. The van der Waals surface area contributed by atoms with Gasteiger partial charge in [-0.05, 0) is 37.8 Å². The molecule has 1 saturated heterocycles. The number of nitrogens with one attached hydrogen (secondary N) is 1. The van der Waals surface area contributed by atoms with Crippen LogP contribution in [0.4, 0.5) is 5.69 Å². The number of hydrogen-bond acceptors (Lipinski definition) is 6. The predicted octanol–water partition coefficient (Wildman–Crippen LogP) is 3.23. The third-order valence-corrected chi connectivity index (χ3v) is 7.04. The first-order valence-corrected chi connectivity index (χ1v) is 12.2. The molecular formula is C25H34N4O5. The fourth-order valence-corrected chi connectivity index (χ4v) is 5.07. The van der Waals surface area contributed by atoms with Gasteiger partial charge >= 0.3 is 5.97 Å². The first-order valence-electron chi connectivity index (χ1n) is 12.2.